The molecule has 2 N–H and O–H groups in total. The van der Waals surface area contributed by atoms with E-state index < -0.39 is 5.97 Å². The van der Waals surface area contributed by atoms with Gasteiger partial charge < -0.3 is 10.4 Å². The lowest BCUT2D eigenvalue weighted by atomic mass is 10.3. The molecule has 0 rings (SSSR count). The number of aliphatic carboxylic acids is 1. The normalized spacial score (nSPS) is 14.2. The molecule has 0 spiro atoms. The van der Waals surface area contributed by atoms with Gasteiger partial charge in [0.1, 0.15) is 0 Å². The summed E-state index contributed by atoms with van der Waals surface area (Å²) < 4.78 is 0. The molecule has 0 saturated carbocycles. The monoisotopic (exact) mass is 203 g/mol. The molecule has 1 atom stereocenters. The van der Waals surface area contributed by atoms with Gasteiger partial charge in [-0.05, 0) is 13.2 Å². The van der Waals surface area contributed by atoms with Crippen LogP contribution in [-0.4, -0.2) is 35.7 Å². The zero-order valence-corrected chi connectivity index (χ0v) is 9.15. The second-order valence-electron chi connectivity index (χ2n) is 3.01. The number of hydrogen-bond acceptors (Lipinski definition) is 3. The Labute approximate surface area is 83.6 Å². The van der Waals surface area contributed by atoms with Crippen molar-refractivity contribution < 1.29 is 9.90 Å². The standard InChI is InChI=1S/C9H17NO2S/c1-7(4-9(11)12)5-10-6-8(2)13-3/h4,8,10H,5-6H2,1-3H3,(H,11,12). The van der Waals surface area contributed by atoms with Gasteiger partial charge in [-0.3, -0.25) is 0 Å². The molecule has 0 aliphatic heterocycles. The number of nitrogens with one attached hydrogen (secondary N) is 1. The van der Waals surface area contributed by atoms with Crippen LogP contribution in [0.5, 0.6) is 0 Å². The Kier molecular flexibility index (Phi) is 6.72. The first-order valence-corrected chi connectivity index (χ1v) is 5.48. The minimum Gasteiger partial charge on any atom is -0.478 e. The summed E-state index contributed by atoms with van der Waals surface area (Å²) in [6.07, 6.45) is 3.29. The van der Waals surface area contributed by atoms with Gasteiger partial charge in [-0.15, -0.1) is 0 Å². The summed E-state index contributed by atoms with van der Waals surface area (Å²) in [6, 6.07) is 0. The molecule has 0 aliphatic rings. The van der Waals surface area contributed by atoms with Crippen LogP contribution in [0, 0.1) is 0 Å². The van der Waals surface area contributed by atoms with Gasteiger partial charge in [0.05, 0.1) is 0 Å². The Morgan fingerprint density at radius 1 is 1.69 bits per heavy atom. The van der Waals surface area contributed by atoms with Crippen molar-refractivity contribution in [3.8, 4) is 0 Å². The molecule has 76 valence electrons. The molecule has 0 radical (unpaired) electrons. The van der Waals surface area contributed by atoms with E-state index in [1.807, 2.05) is 6.92 Å². The summed E-state index contributed by atoms with van der Waals surface area (Å²) in [6.45, 7) is 5.50. The minimum absolute atomic E-state index is 0.567. The summed E-state index contributed by atoms with van der Waals surface area (Å²) in [5, 5.41) is 12.2. The average Bonchev–Trinajstić information content (AvgIpc) is 2.02. The van der Waals surface area contributed by atoms with Gasteiger partial charge in [-0.2, -0.15) is 11.8 Å². The van der Waals surface area contributed by atoms with Gasteiger partial charge in [-0.1, -0.05) is 12.5 Å². The van der Waals surface area contributed by atoms with Crippen molar-refractivity contribution in [2.75, 3.05) is 19.3 Å². The number of thioether (sulfide) groups is 1. The molecule has 0 aromatic carbocycles. The first kappa shape index (κ1) is 12.5. The molecule has 0 amide bonds. The molecule has 1 unspecified atom stereocenters. The smallest absolute Gasteiger partial charge is 0.328 e. The second kappa shape index (κ2) is 6.97. The van der Waals surface area contributed by atoms with Crippen molar-refractivity contribution in [3.63, 3.8) is 0 Å². The molecular formula is C9H17NO2S. The van der Waals surface area contributed by atoms with Gasteiger partial charge in [0.2, 0.25) is 0 Å². The van der Waals surface area contributed by atoms with Crippen molar-refractivity contribution in [2.24, 2.45) is 0 Å². The quantitative estimate of drug-likeness (QED) is 0.640. The molecule has 0 aromatic heterocycles. The van der Waals surface area contributed by atoms with E-state index in [0.29, 0.717) is 11.8 Å². The van der Waals surface area contributed by atoms with Crippen molar-refractivity contribution >= 4 is 17.7 Å². The SMILES string of the molecule is CSC(C)CNCC(C)=CC(=O)O. The van der Waals surface area contributed by atoms with E-state index in [4.69, 9.17) is 5.11 Å². The maximum Gasteiger partial charge on any atom is 0.328 e. The van der Waals surface area contributed by atoms with Crippen LogP contribution in [0.1, 0.15) is 13.8 Å². The summed E-state index contributed by atoms with van der Waals surface area (Å²) in [5.74, 6) is -0.878. The fourth-order valence-corrected chi connectivity index (χ4v) is 1.10. The molecule has 0 heterocycles. The topological polar surface area (TPSA) is 49.3 Å². The van der Waals surface area contributed by atoms with Gasteiger partial charge >= 0.3 is 5.97 Å². The number of carboxylic acids is 1. The number of carboxylic acid groups (broad SMARTS) is 1. The first-order valence-electron chi connectivity index (χ1n) is 4.20. The number of hydrogen-bond donors (Lipinski definition) is 2. The largest absolute Gasteiger partial charge is 0.478 e. The minimum atomic E-state index is -0.878. The van der Waals surface area contributed by atoms with E-state index in [1.54, 1.807) is 11.8 Å². The third-order valence-corrected chi connectivity index (χ3v) is 2.58. The Hall–Kier alpha value is -0.480. The molecular weight excluding hydrogens is 186 g/mol. The lowest BCUT2D eigenvalue weighted by molar-refractivity contribution is -0.131. The summed E-state index contributed by atoms with van der Waals surface area (Å²) in [4.78, 5) is 10.3. The first-order chi connectivity index (χ1) is 6.06. The Balaban J connectivity index is 3.59. The van der Waals surface area contributed by atoms with Crippen molar-refractivity contribution in [1.82, 2.24) is 5.32 Å². The second-order valence-corrected chi connectivity index (χ2v) is 4.28. The van der Waals surface area contributed by atoms with E-state index in [-0.39, 0.29) is 0 Å². The van der Waals surface area contributed by atoms with Crippen molar-refractivity contribution in [2.45, 2.75) is 19.1 Å². The van der Waals surface area contributed by atoms with Crippen molar-refractivity contribution in [3.05, 3.63) is 11.6 Å². The molecule has 0 saturated heterocycles. The zero-order chi connectivity index (χ0) is 10.3. The fraction of sp³-hybridized carbons (Fsp3) is 0.667. The maximum absolute atomic E-state index is 10.3. The molecule has 4 heteroatoms. The van der Waals surface area contributed by atoms with E-state index in [9.17, 15) is 4.79 Å². The van der Waals surface area contributed by atoms with Crippen molar-refractivity contribution in [1.29, 1.82) is 0 Å². The van der Waals surface area contributed by atoms with Crippen LogP contribution in [0.15, 0.2) is 11.6 Å². The lowest BCUT2D eigenvalue weighted by Gasteiger charge is -2.09. The Bertz CT molecular complexity index is 192. The molecule has 0 bridgehead atoms. The van der Waals surface area contributed by atoms with E-state index in [2.05, 4.69) is 18.5 Å². The van der Waals surface area contributed by atoms with E-state index in [1.165, 1.54) is 6.08 Å². The number of carbonyl (C=O) groups is 1. The van der Waals surface area contributed by atoms with Crippen LogP contribution >= 0.6 is 11.8 Å². The van der Waals surface area contributed by atoms with Crippen LogP contribution < -0.4 is 5.32 Å². The summed E-state index contributed by atoms with van der Waals surface area (Å²) in [7, 11) is 0. The Morgan fingerprint density at radius 3 is 2.77 bits per heavy atom. The molecule has 0 aliphatic carbocycles. The van der Waals surface area contributed by atoms with Crippen LogP contribution in [0.4, 0.5) is 0 Å². The predicted octanol–water partition coefficient (Wildman–Crippen LogP) is 1.36. The average molecular weight is 203 g/mol. The Morgan fingerprint density at radius 2 is 2.31 bits per heavy atom. The lowest BCUT2D eigenvalue weighted by Crippen LogP contribution is -2.24. The highest BCUT2D eigenvalue weighted by Crippen LogP contribution is 2.02. The highest BCUT2D eigenvalue weighted by atomic mass is 32.2. The van der Waals surface area contributed by atoms with E-state index in [0.717, 1.165) is 12.1 Å². The predicted molar refractivity (Wildman–Crippen MR) is 57.2 cm³/mol. The third-order valence-electron chi connectivity index (χ3n) is 1.61. The molecule has 0 fully saturated rings. The zero-order valence-electron chi connectivity index (χ0n) is 8.33. The summed E-state index contributed by atoms with van der Waals surface area (Å²) >= 11 is 1.79. The maximum atomic E-state index is 10.3. The third kappa shape index (κ3) is 7.87. The van der Waals surface area contributed by atoms with Crippen LogP contribution in [-0.2, 0) is 4.79 Å². The van der Waals surface area contributed by atoms with Gasteiger partial charge in [-0.25, -0.2) is 4.79 Å². The van der Waals surface area contributed by atoms with Gasteiger partial charge in [0.15, 0.2) is 0 Å². The van der Waals surface area contributed by atoms with Crippen LogP contribution in [0.2, 0.25) is 0 Å². The highest BCUT2D eigenvalue weighted by Gasteiger charge is 1.98. The molecule has 13 heavy (non-hydrogen) atoms. The van der Waals surface area contributed by atoms with Gasteiger partial charge in [0, 0.05) is 24.4 Å². The molecule has 0 aromatic rings. The van der Waals surface area contributed by atoms with Crippen LogP contribution in [0.25, 0.3) is 0 Å². The number of rotatable bonds is 6. The highest BCUT2D eigenvalue weighted by molar-refractivity contribution is 7.99. The summed E-state index contributed by atoms with van der Waals surface area (Å²) in [5.41, 5.74) is 0.848. The fourth-order valence-electron chi connectivity index (χ4n) is 0.818. The van der Waals surface area contributed by atoms with Gasteiger partial charge in [0.25, 0.3) is 0 Å². The van der Waals surface area contributed by atoms with E-state index >= 15 is 0 Å². The van der Waals surface area contributed by atoms with Crippen LogP contribution in [0.3, 0.4) is 0 Å². The molecule has 3 nitrogen and oxygen atoms in total.